The van der Waals surface area contributed by atoms with Gasteiger partial charge in [0.25, 0.3) is 5.91 Å². The van der Waals surface area contributed by atoms with Gasteiger partial charge in [-0.1, -0.05) is 12.1 Å². The van der Waals surface area contributed by atoms with E-state index < -0.39 is 0 Å². The number of aromatic nitrogens is 2. The third-order valence-corrected chi connectivity index (χ3v) is 5.08. The monoisotopic (exact) mass is 449 g/mol. The van der Waals surface area contributed by atoms with E-state index in [2.05, 4.69) is 10.3 Å². The highest BCUT2D eigenvalue weighted by Crippen LogP contribution is 2.30. The maximum absolute atomic E-state index is 13.0. The van der Waals surface area contributed by atoms with Crippen molar-refractivity contribution in [3.63, 3.8) is 0 Å². The SMILES string of the molecule is COc1ccc(-c2coc3cc(OCC(=O)NCCCn4ccnc4)cc(O)c3c2=O)cc1. The van der Waals surface area contributed by atoms with Crippen LogP contribution in [-0.2, 0) is 11.3 Å². The number of hydrogen-bond donors (Lipinski definition) is 2. The zero-order valence-electron chi connectivity index (χ0n) is 18.0. The molecule has 2 aromatic heterocycles. The lowest BCUT2D eigenvalue weighted by atomic mass is 10.0. The first kappa shape index (κ1) is 21.9. The highest BCUT2D eigenvalue weighted by atomic mass is 16.5. The first-order valence-corrected chi connectivity index (χ1v) is 10.3. The van der Waals surface area contributed by atoms with Crippen LogP contribution in [0.25, 0.3) is 22.1 Å². The Balaban J connectivity index is 1.41. The zero-order valence-corrected chi connectivity index (χ0v) is 18.0. The molecule has 0 aliphatic rings. The molecule has 0 atom stereocenters. The van der Waals surface area contributed by atoms with Gasteiger partial charge in [0.2, 0.25) is 5.43 Å². The Morgan fingerprint density at radius 2 is 2.03 bits per heavy atom. The molecule has 0 saturated heterocycles. The van der Waals surface area contributed by atoms with Crippen LogP contribution in [0.1, 0.15) is 6.42 Å². The molecule has 2 aromatic carbocycles. The van der Waals surface area contributed by atoms with E-state index in [0.717, 1.165) is 13.0 Å². The molecular formula is C24H23N3O6. The Morgan fingerprint density at radius 1 is 1.21 bits per heavy atom. The van der Waals surface area contributed by atoms with Gasteiger partial charge in [-0.05, 0) is 24.1 Å². The minimum atomic E-state index is -0.374. The largest absolute Gasteiger partial charge is 0.507 e. The summed E-state index contributed by atoms with van der Waals surface area (Å²) in [6.45, 7) is 1.01. The molecule has 170 valence electrons. The van der Waals surface area contributed by atoms with Crippen molar-refractivity contribution < 1.29 is 23.8 Å². The molecule has 9 nitrogen and oxygen atoms in total. The molecule has 0 spiro atoms. The Morgan fingerprint density at radius 3 is 2.76 bits per heavy atom. The van der Waals surface area contributed by atoms with Gasteiger partial charge in [0.05, 0.1) is 19.0 Å². The highest BCUT2D eigenvalue weighted by Gasteiger charge is 2.15. The van der Waals surface area contributed by atoms with E-state index in [1.54, 1.807) is 43.9 Å². The van der Waals surface area contributed by atoms with Crippen LogP contribution < -0.4 is 20.2 Å². The van der Waals surface area contributed by atoms with Crippen LogP contribution in [0.2, 0.25) is 0 Å². The number of nitrogens with one attached hydrogen (secondary N) is 1. The van der Waals surface area contributed by atoms with Crippen molar-refractivity contribution in [2.75, 3.05) is 20.3 Å². The summed E-state index contributed by atoms with van der Waals surface area (Å²) < 4.78 is 18.1. The third-order valence-electron chi connectivity index (χ3n) is 5.08. The quantitative estimate of drug-likeness (QED) is 0.378. The fraction of sp³-hybridized carbons (Fsp3) is 0.208. The second-order valence-corrected chi connectivity index (χ2v) is 7.32. The molecule has 1 amide bonds. The van der Waals surface area contributed by atoms with Crippen molar-refractivity contribution in [3.05, 3.63) is 71.6 Å². The highest BCUT2D eigenvalue weighted by molar-refractivity contribution is 5.88. The van der Waals surface area contributed by atoms with Gasteiger partial charge in [-0.2, -0.15) is 0 Å². The fourth-order valence-electron chi connectivity index (χ4n) is 3.37. The first-order chi connectivity index (χ1) is 16.0. The molecule has 0 fully saturated rings. The molecule has 4 rings (SSSR count). The van der Waals surface area contributed by atoms with Crippen molar-refractivity contribution in [3.8, 4) is 28.4 Å². The number of fused-ring (bicyclic) bond motifs is 1. The lowest BCUT2D eigenvalue weighted by molar-refractivity contribution is -0.123. The van der Waals surface area contributed by atoms with Gasteiger partial charge < -0.3 is 28.9 Å². The van der Waals surface area contributed by atoms with E-state index >= 15 is 0 Å². The summed E-state index contributed by atoms with van der Waals surface area (Å²) >= 11 is 0. The molecule has 0 unspecified atom stereocenters. The van der Waals surface area contributed by atoms with Crippen LogP contribution in [0.4, 0.5) is 0 Å². The minimum absolute atomic E-state index is 0.0413. The number of imidazole rings is 1. The summed E-state index contributed by atoms with van der Waals surface area (Å²) in [5.41, 5.74) is 0.731. The van der Waals surface area contributed by atoms with Gasteiger partial charge in [0.1, 0.15) is 34.5 Å². The van der Waals surface area contributed by atoms with Crippen LogP contribution in [0.15, 0.2) is 70.6 Å². The number of amides is 1. The van der Waals surface area contributed by atoms with Gasteiger partial charge in [-0.3, -0.25) is 9.59 Å². The number of hydrogen-bond acceptors (Lipinski definition) is 7. The maximum Gasteiger partial charge on any atom is 0.257 e. The van der Waals surface area contributed by atoms with Crippen LogP contribution >= 0.6 is 0 Å². The molecule has 2 N–H and O–H groups in total. The molecule has 2 heterocycles. The molecule has 4 aromatic rings. The number of aromatic hydroxyl groups is 1. The second kappa shape index (κ2) is 9.90. The predicted molar refractivity (Wildman–Crippen MR) is 121 cm³/mol. The zero-order chi connectivity index (χ0) is 23.2. The smallest absolute Gasteiger partial charge is 0.257 e. The average Bonchev–Trinajstić information content (AvgIpc) is 3.34. The Labute approximate surface area is 189 Å². The van der Waals surface area contributed by atoms with Crippen molar-refractivity contribution in [1.29, 1.82) is 0 Å². The fourth-order valence-corrected chi connectivity index (χ4v) is 3.37. The minimum Gasteiger partial charge on any atom is -0.507 e. The molecular weight excluding hydrogens is 426 g/mol. The first-order valence-electron chi connectivity index (χ1n) is 10.3. The summed E-state index contributed by atoms with van der Waals surface area (Å²) in [6, 6.07) is 9.71. The van der Waals surface area contributed by atoms with E-state index in [0.29, 0.717) is 23.4 Å². The Bertz CT molecular complexity index is 1300. The standard InChI is InChI=1S/C24H23N3O6/c1-31-17-5-3-16(4-6-17)19-13-33-21-12-18(11-20(28)23(21)24(19)30)32-14-22(29)26-7-2-9-27-10-8-25-15-27/h3-6,8,10-13,15,28H,2,7,9,14H2,1H3,(H,26,29). The third kappa shape index (κ3) is 5.15. The van der Waals surface area contributed by atoms with Crippen LogP contribution in [0, 0.1) is 0 Å². The number of rotatable bonds is 9. The summed E-state index contributed by atoms with van der Waals surface area (Å²) in [6.07, 6.45) is 7.36. The number of benzene rings is 2. The van der Waals surface area contributed by atoms with E-state index in [1.165, 1.54) is 18.4 Å². The van der Waals surface area contributed by atoms with Crippen molar-refractivity contribution in [1.82, 2.24) is 14.9 Å². The number of ether oxygens (including phenoxy) is 2. The van der Waals surface area contributed by atoms with Gasteiger partial charge in [-0.15, -0.1) is 0 Å². The van der Waals surface area contributed by atoms with Crippen LogP contribution in [0.5, 0.6) is 17.2 Å². The molecule has 0 aliphatic carbocycles. The topological polar surface area (TPSA) is 116 Å². The molecule has 0 aliphatic heterocycles. The number of carbonyl (C=O) groups excluding carboxylic acids is 1. The number of nitrogens with zero attached hydrogens (tertiary/aromatic N) is 2. The summed E-state index contributed by atoms with van der Waals surface area (Å²) in [7, 11) is 1.56. The van der Waals surface area contributed by atoms with E-state index in [9.17, 15) is 14.7 Å². The Kier molecular flexibility index (Phi) is 6.58. The Hall–Kier alpha value is -4.27. The number of methoxy groups -OCH3 is 1. The molecule has 0 bridgehead atoms. The van der Waals surface area contributed by atoms with Gasteiger partial charge in [0.15, 0.2) is 6.61 Å². The predicted octanol–water partition coefficient (Wildman–Crippen LogP) is 2.96. The normalized spacial score (nSPS) is 10.8. The summed E-state index contributed by atoms with van der Waals surface area (Å²) in [4.78, 5) is 28.9. The number of phenolic OH excluding ortho intramolecular Hbond substituents is 1. The average molecular weight is 449 g/mol. The van der Waals surface area contributed by atoms with E-state index in [1.807, 2.05) is 10.8 Å². The van der Waals surface area contributed by atoms with Gasteiger partial charge in [-0.25, -0.2) is 4.98 Å². The van der Waals surface area contributed by atoms with E-state index in [4.69, 9.17) is 13.9 Å². The second-order valence-electron chi connectivity index (χ2n) is 7.32. The van der Waals surface area contributed by atoms with Gasteiger partial charge in [0, 0.05) is 37.6 Å². The lowest BCUT2D eigenvalue weighted by Gasteiger charge is -2.10. The number of carbonyl (C=O) groups is 1. The van der Waals surface area contributed by atoms with Crippen molar-refractivity contribution in [2.24, 2.45) is 0 Å². The molecule has 0 radical (unpaired) electrons. The lowest BCUT2D eigenvalue weighted by Crippen LogP contribution is -2.30. The van der Waals surface area contributed by atoms with Crippen molar-refractivity contribution in [2.45, 2.75) is 13.0 Å². The summed E-state index contributed by atoms with van der Waals surface area (Å²) in [5.74, 6) is 0.300. The number of aryl methyl sites for hydroxylation is 1. The van der Waals surface area contributed by atoms with E-state index in [-0.39, 0.29) is 40.4 Å². The van der Waals surface area contributed by atoms with Crippen LogP contribution in [-0.4, -0.2) is 40.8 Å². The molecule has 33 heavy (non-hydrogen) atoms. The van der Waals surface area contributed by atoms with Gasteiger partial charge >= 0.3 is 0 Å². The summed E-state index contributed by atoms with van der Waals surface area (Å²) in [5, 5.41) is 13.3. The number of phenols is 1. The molecule has 0 saturated carbocycles. The molecule has 9 heteroatoms. The van der Waals surface area contributed by atoms with Crippen LogP contribution in [0.3, 0.4) is 0 Å². The van der Waals surface area contributed by atoms with Crippen molar-refractivity contribution >= 4 is 16.9 Å². The maximum atomic E-state index is 13.0.